The first-order valence-corrected chi connectivity index (χ1v) is 8.85. The SMILES string of the molecule is CCOc1ccc(-n2ccn(CC(=O)NCc3ccc(C)o3)c(=O)c2=O)cc1. The number of furan rings is 1. The number of hydrogen-bond donors (Lipinski definition) is 1. The Morgan fingerprint density at radius 1 is 1.07 bits per heavy atom. The summed E-state index contributed by atoms with van der Waals surface area (Å²) in [5, 5.41) is 2.66. The van der Waals surface area contributed by atoms with E-state index in [0.717, 1.165) is 10.3 Å². The quantitative estimate of drug-likeness (QED) is 0.626. The van der Waals surface area contributed by atoms with Gasteiger partial charge in [-0.1, -0.05) is 0 Å². The summed E-state index contributed by atoms with van der Waals surface area (Å²) in [7, 11) is 0. The molecular formula is C20H21N3O5. The van der Waals surface area contributed by atoms with Crippen molar-refractivity contribution < 1.29 is 13.9 Å². The van der Waals surface area contributed by atoms with Crippen LogP contribution >= 0.6 is 0 Å². The average molecular weight is 383 g/mol. The molecule has 3 rings (SSSR count). The second kappa shape index (κ2) is 8.43. The van der Waals surface area contributed by atoms with Gasteiger partial charge in [-0.25, -0.2) is 0 Å². The van der Waals surface area contributed by atoms with Gasteiger partial charge in [0.05, 0.1) is 13.2 Å². The fraction of sp³-hybridized carbons (Fsp3) is 0.250. The second-order valence-corrected chi connectivity index (χ2v) is 6.12. The summed E-state index contributed by atoms with van der Waals surface area (Å²) in [4.78, 5) is 36.8. The summed E-state index contributed by atoms with van der Waals surface area (Å²) < 4.78 is 13.0. The summed E-state index contributed by atoms with van der Waals surface area (Å²) in [6, 6.07) is 10.4. The summed E-state index contributed by atoms with van der Waals surface area (Å²) in [5.74, 6) is 1.65. The molecule has 0 aliphatic rings. The van der Waals surface area contributed by atoms with Crippen molar-refractivity contribution in [2.75, 3.05) is 6.61 Å². The molecule has 0 saturated heterocycles. The van der Waals surface area contributed by atoms with Gasteiger partial charge in [0.15, 0.2) is 0 Å². The number of carbonyl (C=O) groups is 1. The lowest BCUT2D eigenvalue weighted by molar-refractivity contribution is -0.122. The Hall–Kier alpha value is -3.55. The van der Waals surface area contributed by atoms with Crippen LogP contribution in [0.2, 0.25) is 0 Å². The van der Waals surface area contributed by atoms with Crippen LogP contribution in [0, 0.1) is 6.92 Å². The highest BCUT2D eigenvalue weighted by molar-refractivity contribution is 5.75. The van der Waals surface area contributed by atoms with Crippen molar-refractivity contribution in [1.82, 2.24) is 14.5 Å². The normalized spacial score (nSPS) is 10.6. The molecule has 0 fully saturated rings. The number of amides is 1. The topological polar surface area (TPSA) is 95.5 Å². The molecule has 3 aromatic rings. The van der Waals surface area contributed by atoms with E-state index in [1.54, 1.807) is 36.4 Å². The minimum atomic E-state index is -0.777. The van der Waals surface area contributed by atoms with Crippen LogP contribution in [0.15, 0.2) is 62.8 Å². The van der Waals surface area contributed by atoms with Gasteiger partial charge in [0.25, 0.3) is 0 Å². The highest BCUT2D eigenvalue weighted by atomic mass is 16.5. The Bertz CT molecular complexity index is 1080. The van der Waals surface area contributed by atoms with E-state index in [0.29, 0.717) is 23.8 Å². The average Bonchev–Trinajstić information content (AvgIpc) is 3.10. The van der Waals surface area contributed by atoms with Crippen LogP contribution in [0.3, 0.4) is 0 Å². The van der Waals surface area contributed by atoms with Crippen molar-refractivity contribution in [2.24, 2.45) is 0 Å². The van der Waals surface area contributed by atoms with E-state index in [1.165, 1.54) is 17.0 Å². The molecule has 0 unspecified atom stereocenters. The lowest BCUT2D eigenvalue weighted by atomic mass is 10.3. The smallest absolute Gasteiger partial charge is 0.320 e. The van der Waals surface area contributed by atoms with Crippen LogP contribution in [-0.4, -0.2) is 21.6 Å². The predicted molar refractivity (Wildman–Crippen MR) is 103 cm³/mol. The van der Waals surface area contributed by atoms with Gasteiger partial charge in [-0.3, -0.25) is 23.5 Å². The molecule has 0 bridgehead atoms. The third-order valence-electron chi connectivity index (χ3n) is 4.05. The van der Waals surface area contributed by atoms with E-state index in [9.17, 15) is 14.4 Å². The molecule has 146 valence electrons. The number of nitrogens with zero attached hydrogens (tertiary/aromatic N) is 2. The molecular weight excluding hydrogens is 362 g/mol. The number of rotatable bonds is 7. The Labute approximate surface area is 161 Å². The van der Waals surface area contributed by atoms with Crippen molar-refractivity contribution in [3.05, 3.63) is 81.0 Å². The molecule has 0 aliphatic heterocycles. The van der Waals surface area contributed by atoms with Gasteiger partial charge in [-0.05, 0) is 50.2 Å². The number of benzene rings is 1. The minimum absolute atomic E-state index is 0.213. The summed E-state index contributed by atoms with van der Waals surface area (Å²) in [6.07, 6.45) is 2.87. The summed E-state index contributed by atoms with van der Waals surface area (Å²) >= 11 is 0. The lowest BCUT2D eigenvalue weighted by Crippen LogP contribution is -2.42. The van der Waals surface area contributed by atoms with Crippen molar-refractivity contribution in [2.45, 2.75) is 26.9 Å². The molecule has 8 heteroatoms. The molecule has 28 heavy (non-hydrogen) atoms. The lowest BCUT2D eigenvalue weighted by Gasteiger charge is -2.10. The fourth-order valence-electron chi connectivity index (χ4n) is 2.68. The number of nitrogens with one attached hydrogen (secondary N) is 1. The Kier molecular flexibility index (Phi) is 5.78. The Balaban J connectivity index is 1.71. The van der Waals surface area contributed by atoms with Gasteiger partial charge < -0.3 is 14.5 Å². The molecule has 0 spiro atoms. The molecule has 2 aromatic heterocycles. The highest BCUT2D eigenvalue weighted by Gasteiger charge is 2.10. The summed E-state index contributed by atoms with van der Waals surface area (Å²) in [6.45, 7) is 4.19. The second-order valence-electron chi connectivity index (χ2n) is 6.12. The Morgan fingerprint density at radius 3 is 2.46 bits per heavy atom. The van der Waals surface area contributed by atoms with Crippen LogP contribution < -0.4 is 21.2 Å². The fourth-order valence-corrected chi connectivity index (χ4v) is 2.68. The van der Waals surface area contributed by atoms with Crippen molar-refractivity contribution in [3.63, 3.8) is 0 Å². The van der Waals surface area contributed by atoms with Gasteiger partial charge in [0.2, 0.25) is 5.91 Å². The monoisotopic (exact) mass is 383 g/mol. The standard InChI is InChI=1S/C20H21N3O5/c1-3-27-16-8-5-15(6-9-16)23-11-10-22(19(25)20(23)26)13-18(24)21-12-17-7-4-14(2)28-17/h4-11H,3,12-13H2,1-2H3,(H,21,24). The van der Waals surface area contributed by atoms with Crippen LogP contribution in [0.25, 0.3) is 5.69 Å². The van der Waals surface area contributed by atoms with E-state index in [2.05, 4.69) is 5.32 Å². The van der Waals surface area contributed by atoms with E-state index in [-0.39, 0.29) is 13.1 Å². The van der Waals surface area contributed by atoms with Gasteiger partial charge in [-0.15, -0.1) is 0 Å². The first-order valence-electron chi connectivity index (χ1n) is 8.85. The molecule has 1 amide bonds. The maximum atomic E-state index is 12.4. The third kappa shape index (κ3) is 4.40. The Morgan fingerprint density at radius 2 is 1.82 bits per heavy atom. The first kappa shape index (κ1) is 19.2. The predicted octanol–water partition coefficient (Wildman–Crippen LogP) is 1.62. The highest BCUT2D eigenvalue weighted by Crippen LogP contribution is 2.13. The largest absolute Gasteiger partial charge is 0.494 e. The zero-order valence-corrected chi connectivity index (χ0v) is 15.7. The van der Waals surface area contributed by atoms with E-state index >= 15 is 0 Å². The minimum Gasteiger partial charge on any atom is -0.494 e. The van der Waals surface area contributed by atoms with Crippen molar-refractivity contribution in [1.29, 1.82) is 0 Å². The van der Waals surface area contributed by atoms with E-state index in [1.807, 2.05) is 13.8 Å². The number of aromatic nitrogens is 2. The van der Waals surface area contributed by atoms with Gasteiger partial charge in [0, 0.05) is 18.1 Å². The molecule has 0 radical (unpaired) electrons. The molecule has 0 saturated carbocycles. The number of aryl methyl sites for hydroxylation is 1. The van der Waals surface area contributed by atoms with E-state index in [4.69, 9.17) is 9.15 Å². The number of hydrogen-bond acceptors (Lipinski definition) is 5. The third-order valence-corrected chi connectivity index (χ3v) is 4.05. The van der Waals surface area contributed by atoms with E-state index < -0.39 is 17.0 Å². The van der Waals surface area contributed by atoms with Crippen LogP contribution in [0.1, 0.15) is 18.4 Å². The molecule has 1 N–H and O–H groups in total. The van der Waals surface area contributed by atoms with Crippen LogP contribution in [-0.2, 0) is 17.9 Å². The maximum Gasteiger partial charge on any atom is 0.320 e. The number of ether oxygens (including phenoxy) is 1. The zero-order chi connectivity index (χ0) is 20.1. The van der Waals surface area contributed by atoms with Crippen LogP contribution in [0.5, 0.6) is 5.75 Å². The van der Waals surface area contributed by atoms with Gasteiger partial charge >= 0.3 is 11.1 Å². The molecule has 0 aliphatic carbocycles. The summed E-state index contributed by atoms with van der Waals surface area (Å²) in [5.41, 5.74) is -0.975. The molecule has 1 aromatic carbocycles. The van der Waals surface area contributed by atoms with Gasteiger partial charge in [-0.2, -0.15) is 0 Å². The first-order chi connectivity index (χ1) is 13.5. The van der Waals surface area contributed by atoms with Crippen molar-refractivity contribution >= 4 is 5.91 Å². The number of carbonyl (C=O) groups excluding carboxylic acids is 1. The maximum absolute atomic E-state index is 12.4. The van der Waals surface area contributed by atoms with Gasteiger partial charge in [0.1, 0.15) is 23.8 Å². The van der Waals surface area contributed by atoms with Crippen molar-refractivity contribution in [3.8, 4) is 11.4 Å². The zero-order valence-electron chi connectivity index (χ0n) is 15.7. The molecule has 2 heterocycles. The molecule has 8 nitrogen and oxygen atoms in total. The van der Waals surface area contributed by atoms with Crippen LogP contribution in [0.4, 0.5) is 0 Å². The molecule has 0 atom stereocenters.